The van der Waals surface area contributed by atoms with Gasteiger partial charge in [-0.15, -0.1) is 0 Å². The highest BCUT2D eigenvalue weighted by Gasteiger charge is 2.30. The van der Waals surface area contributed by atoms with Crippen molar-refractivity contribution in [2.75, 3.05) is 5.33 Å². The van der Waals surface area contributed by atoms with Gasteiger partial charge in [0.2, 0.25) is 0 Å². The zero-order valence-electron chi connectivity index (χ0n) is 4.17. The largest absolute Gasteiger partial charge is 0.351 e. The molecule has 0 atom stereocenters. The van der Waals surface area contributed by atoms with Crippen LogP contribution in [-0.4, -0.2) is 10.2 Å². The van der Waals surface area contributed by atoms with Crippen LogP contribution in [0.1, 0.15) is 0 Å². The number of hydrogen-bond acceptors (Lipinski definition) is 0. The van der Waals surface area contributed by atoms with Crippen LogP contribution in [0.25, 0.3) is 0 Å². The quantitative estimate of drug-likeness (QED) is 0.674. The first kappa shape index (κ1) is 9.49. The van der Waals surface area contributed by atoms with E-state index in [4.69, 9.17) is 0 Å². The van der Waals surface area contributed by atoms with Crippen molar-refractivity contribution in [3.63, 3.8) is 0 Å². The molecule has 0 aromatic heterocycles. The molecule has 0 rings (SSSR count). The molecule has 0 bridgehead atoms. The van der Waals surface area contributed by atoms with E-state index in [1.54, 1.807) is 0 Å². The van der Waals surface area contributed by atoms with Gasteiger partial charge >= 0.3 is 4.83 Å². The smallest absolute Gasteiger partial charge is 0.204 e. The summed E-state index contributed by atoms with van der Waals surface area (Å²) >= 11 is 4.62. The third-order valence-electron chi connectivity index (χ3n) is 0.527. The average Bonchev–Trinajstić information content (AvgIpc) is 1.64. The summed E-state index contributed by atoms with van der Waals surface area (Å²) in [5, 5.41) is 0.0834. The van der Waals surface area contributed by atoms with Gasteiger partial charge in [-0.2, -0.15) is 8.78 Å². The second-order valence-corrected chi connectivity index (χ2v) is 2.85. The van der Waals surface area contributed by atoms with E-state index in [-0.39, 0.29) is 5.33 Å². The fraction of sp³-hybridized carbons (Fsp3) is 0.500. The molecule has 0 aliphatic carbocycles. The number of alkyl halides is 4. The molecule has 54 valence electrons. The van der Waals surface area contributed by atoms with Crippen molar-refractivity contribution in [1.29, 1.82) is 0 Å². The molecule has 5 heteroatoms. The zero-order valence-corrected chi connectivity index (χ0v) is 7.35. The summed E-state index contributed by atoms with van der Waals surface area (Å²) in [7, 11) is 0. The van der Waals surface area contributed by atoms with Crippen LogP contribution >= 0.6 is 31.9 Å². The van der Waals surface area contributed by atoms with Crippen molar-refractivity contribution < 1.29 is 13.2 Å². The molecule has 0 aromatic carbocycles. The molecule has 0 aliphatic rings. The van der Waals surface area contributed by atoms with Gasteiger partial charge in [-0.05, 0) is 22.0 Å². The maximum Gasteiger partial charge on any atom is 0.351 e. The Bertz CT molecular complexity index is 115. The van der Waals surface area contributed by atoms with Gasteiger partial charge in [0.25, 0.3) is 0 Å². The normalized spacial score (nSPS) is 14.1. The standard InChI is InChI=1S/C4H3Br2F3/c5-2-1-3(7)4(6,8)9/h1H,2H2. The minimum absolute atomic E-state index is 0.0834. The lowest BCUT2D eigenvalue weighted by Crippen LogP contribution is -2.04. The Hall–Kier alpha value is 0.490. The van der Waals surface area contributed by atoms with E-state index in [0.29, 0.717) is 0 Å². The summed E-state index contributed by atoms with van der Waals surface area (Å²) in [6.07, 6.45) is 0.745. The fourth-order valence-corrected chi connectivity index (χ4v) is 0.630. The molecule has 0 radical (unpaired) electrons. The molecular weight excluding hydrogens is 265 g/mol. The summed E-state index contributed by atoms with van der Waals surface area (Å²) in [6, 6.07) is 0. The lowest BCUT2D eigenvalue weighted by molar-refractivity contribution is 0.127. The predicted octanol–water partition coefficient (Wildman–Crippen LogP) is 3.22. The van der Waals surface area contributed by atoms with E-state index in [1.165, 1.54) is 0 Å². The fourth-order valence-electron chi connectivity index (χ4n) is 0.183. The van der Waals surface area contributed by atoms with Crippen LogP contribution in [-0.2, 0) is 0 Å². The highest BCUT2D eigenvalue weighted by atomic mass is 79.9. The number of rotatable bonds is 2. The molecule has 0 aliphatic heterocycles. The molecular formula is C4H3Br2F3. The van der Waals surface area contributed by atoms with Crippen LogP contribution in [0.4, 0.5) is 13.2 Å². The summed E-state index contributed by atoms with van der Waals surface area (Å²) < 4.78 is 35.5. The number of hydrogen-bond donors (Lipinski definition) is 0. The average molecular weight is 268 g/mol. The van der Waals surface area contributed by atoms with Crippen LogP contribution < -0.4 is 0 Å². The second-order valence-electron chi connectivity index (χ2n) is 1.20. The highest BCUT2D eigenvalue weighted by molar-refractivity contribution is 9.10. The first-order valence-electron chi connectivity index (χ1n) is 1.97. The molecule has 0 fully saturated rings. The Labute approximate surface area is 67.4 Å². The van der Waals surface area contributed by atoms with Gasteiger partial charge in [0.15, 0.2) is 5.83 Å². The minimum atomic E-state index is -3.51. The Morgan fingerprint density at radius 2 is 2.00 bits per heavy atom. The van der Waals surface area contributed by atoms with Gasteiger partial charge in [0.1, 0.15) is 0 Å². The van der Waals surface area contributed by atoms with Crippen LogP contribution in [0.15, 0.2) is 11.9 Å². The van der Waals surface area contributed by atoms with E-state index < -0.39 is 10.7 Å². The minimum Gasteiger partial charge on any atom is -0.204 e. The van der Waals surface area contributed by atoms with Crippen LogP contribution in [0.2, 0.25) is 0 Å². The van der Waals surface area contributed by atoms with Gasteiger partial charge in [-0.3, -0.25) is 0 Å². The molecule has 0 aromatic rings. The van der Waals surface area contributed by atoms with E-state index in [2.05, 4.69) is 15.9 Å². The van der Waals surface area contributed by atoms with Crippen LogP contribution in [0.3, 0.4) is 0 Å². The molecule has 0 spiro atoms. The van der Waals surface area contributed by atoms with Crippen molar-refractivity contribution in [3.8, 4) is 0 Å². The lowest BCUT2D eigenvalue weighted by Gasteiger charge is -2.02. The Morgan fingerprint density at radius 1 is 1.56 bits per heavy atom. The maximum absolute atomic E-state index is 11.9. The highest BCUT2D eigenvalue weighted by Crippen LogP contribution is 2.31. The Balaban J connectivity index is 4.03. The van der Waals surface area contributed by atoms with Crippen LogP contribution in [0, 0.1) is 0 Å². The summed E-state index contributed by atoms with van der Waals surface area (Å²) in [5.41, 5.74) is 0. The third-order valence-corrected chi connectivity index (χ3v) is 1.23. The third kappa shape index (κ3) is 3.97. The molecule has 0 nitrogen and oxygen atoms in total. The number of halogens is 5. The van der Waals surface area contributed by atoms with Crippen molar-refractivity contribution in [1.82, 2.24) is 0 Å². The van der Waals surface area contributed by atoms with Gasteiger partial charge < -0.3 is 0 Å². The van der Waals surface area contributed by atoms with Gasteiger partial charge in [-0.25, -0.2) is 4.39 Å². The van der Waals surface area contributed by atoms with E-state index in [1.807, 2.05) is 15.9 Å². The van der Waals surface area contributed by atoms with Crippen molar-refractivity contribution in [2.45, 2.75) is 4.83 Å². The molecule has 9 heavy (non-hydrogen) atoms. The topological polar surface area (TPSA) is 0 Å². The SMILES string of the molecule is FC(=CCBr)C(F)(F)Br. The van der Waals surface area contributed by atoms with Crippen molar-refractivity contribution in [2.24, 2.45) is 0 Å². The molecule has 0 saturated carbocycles. The first-order chi connectivity index (χ1) is 3.98. The van der Waals surface area contributed by atoms with Crippen molar-refractivity contribution in [3.05, 3.63) is 11.9 Å². The van der Waals surface area contributed by atoms with Crippen LogP contribution in [0.5, 0.6) is 0 Å². The van der Waals surface area contributed by atoms with Gasteiger partial charge in [-0.1, -0.05) is 15.9 Å². The second kappa shape index (κ2) is 3.61. The predicted molar refractivity (Wildman–Crippen MR) is 36.9 cm³/mol. The molecule has 0 saturated heterocycles. The summed E-state index contributed by atoms with van der Waals surface area (Å²) in [5.74, 6) is -1.47. The monoisotopic (exact) mass is 266 g/mol. The molecule has 0 unspecified atom stereocenters. The Kier molecular flexibility index (Phi) is 3.80. The van der Waals surface area contributed by atoms with E-state index in [0.717, 1.165) is 6.08 Å². The van der Waals surface area contributed by atoms with Crippen molar-refractivity contribution >= 4 is 31.9 Å². The van der Waals surface area contributed by atoms with E-state index >= 15 is 0 Å². The number of allylic oxidation sites excluding steroid dienone is 2. The maximum atomic E-state index is 11.9. The van der Waals surface area contributed by atoms with Gasteiger partial charge in [0.05, 0.1) is 0 Å². The molecule has 0 N–H and O–H groups in total. The summed E-state index contributed by atoms with van der Waals surface area (Å²) in [6.45, 7) is 0. The van der Waals surface area contributed by atoms with E-state index in [9.17, 15) is 13.2 Å². The molecule has 0 amide bonds. The zero-order chi connectivity index (χ0) is 7.49. The Morgan fingerprint density at radius 3 is 2.11 bits per heavy atom. The summed E-state index contributed by atoms with van der Waals surface area (Å²) in [4.78, 5) is -3.51. The van der Waals surface area contributed by atoms with Gasteiger partial charge in [0, 0.05) is 5.33 Å². The molecule has 0 heterocycles. The first-order valence-corrected chi connectivity index (χ1v) is 3.88. The lowest BCUT2D eigenvalue weighted by atomic mass is 10.5.